The number of rotatable bonds is 0. The molecule has 1 saturated carbocycles. The summed E-state index contributed by atoms with van der Waals surface area (Å²) in [5.41, 5.74) is 0. The first-order valence-corrected chi connectivity index (χ1v) is 3.43. The molecule has 0 spiro atoms. The Hall–Kier alpha value is 1.06. The van der Waals surface area contributed by atoms with E-state index < -0.39 is 0 Å². The third-order valence-electron chi connectivity index (χ3n) is 2.16. The summed E-state index contributed by atoms with van der Waals surface area (Å²) in [6, 6.07) is 0. The Morgan fingerprint density at radius 2 is 2.22 bits per heavy atom. The first-order valence-electron chi connectivity index (χ1n) is 3.43. The second-order valence-corrected chi connectivity index (χ2v) is 2.66. The summed E-state index contributed by atoms with van der Waals surface area (Å²) in [5.74, 6) is 1.69. The van der Waals surface area contributed by atoms with Gasteiger partial charge in [0.15, 0.2) is 0 Å². The van der Waals surface area contributed by atoms with Crippen molar-refractivity contribution < 1.29 is 37.4 Å². The zero-order valence-electron chi connectivity index (χ0n) is 5.60. The molecule has 1 aliphatic heterocycles. The van der Waals surface area contributed by atoms with Crippen molar-refractivity contribution in [3.63, 3.8) is 0 Å². The van der Waals surface area contributed by atoms with Crippen LogP contribution in [0.25, 0.3) is 0 Å². The maximum Gasteiger partial charge on any atom is 0.0167 e. The van der Waals surface area contributed by atoms with Crippen LogP contribution in [-0.4, -0.2) is 12.7 Å². The van der Waals surface area contributed by atoms with Crippen molar-refractivity contribution in [2.24, 2.45) is 0 Å². The zero-order chi connectivity index (χ0) is 5.40. The minimum atomic E-state index is 0. The summed E-state index contributed by atoms with van der Waals surface area (Å²) < 4.78 is 5.44. The molecule has 1 unspecified atom stereocenters. The summed E-state index contributed by atoms with van der Waals surface area (Å²) in [7, 11) is 0. The van der Waals surface area contributed by atoms with Crippen LogP contribution in [0.15, 0.2) is 0 Å². The molecule has 9 heavy (non-hydrogen) atoms. The Morgan fingerprint density at radius 3 is 3.00 bits per heavy atom. The van der Waals surface area contributed by atoms with E-state index >= 15 is 0 Å². The largest absolute Gasteiger partial charge is 0.412 e. The molecule has 0 N–H and O–H groups in total. The van der Waals surface area contributed by atoms with Crippen LogP contribution in [0.3, 0.4) is 0 Å². The van der Waals surface area contributed by atoms with E-state index in [0.29, 0.717) is 6.10 Å². The van der Waals surface area contributed by atoms with E-state index in [2.05, 4.69) is 0 Å². The molecule has 1 aliphatic carbocycles. The molecule has 1 heterocycles. The monoisotopic (exact) mass is 200 g/mol. The third-order valence-corrected chi connectivity index (χ3v) is 2.16. The van der Waals surface area contributed by atoms with Crippen molar-refractivity contribution in [1.82, 2.24) is 0 Å². The van der Waals surface area contributed by atoms with E-state index in [9.17, 15) is 0 Å². The molecule has 1 radical (unpaired) electrons. The predicted octanol–water partition coefficient (Wildman–Crippen LogP) is 1.53. The van der Waals surface area contributed by atoms with Gasteiger partial charge in [0, 0.05) is 39.3 Å². The number of ether oxygens (including phenoxy) is 1. The Balaban J connectivity index is 0.000000405. The summed E-state index contributed by atoms with van der Waals surface area (Å²) >= 11 is 0. The molecule has 0 aromatic rings. The van der Waals surface area contributed by atoms with Gasteiger partial charge in [-0.3, -0.25) is 5.92 Å². The van der Waals surface area contributed by atoms with Crippen molar-refractivity contribution in [1.29, 1.82) is 0 Å². The average Bonchev–Trinajstić information content (AvgIpc) is 2.15. The normalized spacial score (nSPS) is 34.0. The fourth-order valence-corrected chi connectivity index (χ4v) is 1.70. The van der Waals surface area contributed by atoms with Crippen LogP contribution in [0, 0.1) is 5.92 Å². The number of hydrogen-bond acceptors (Lipinski definition) is 1. The van der Waals surface area contributed by atoms with Gasteiger partial charge in [0.1, 0.15) is 0 Å². The van der Waals surface area contributed by atoms with Crippen molar-refractivity contribution in [3.8, 4) is 0 Å². The fourth-order valence-electron chi connectivity index (χ4n) is 1.70. The summed E-state index contributed by atoms with van der Waals surface area (Å²) in [4.78, 5) is 0. The van der Waals surface area contributed by atoms with Crippen LogP contribution < -0.4 is 0 Å². The van der Waals surface area contributed by atoms with E-state index in [1.165, 1.54) is 25.7 Å². The van der Waals surface area contributed by atoms with Crippen LogP contribution in [0.5, 0.6) is 0 Å². The first kappa shape index (κ1) is 8.16. The maximum absolute atomic E-state index is 5.44. The van der Waals surface area contributed by atoms with E-state index in [-0.39, 0.29) is 32.7 Å². The molecular formula is C7H11OY-. The average molecular weight is 200 g/mol. The van der Waals surface area contributed by atoms with Gasteiger partial charge in [-0.05, 0) is 0 Å². The van der Waals surface area contributed by atoms with Crippen LogP contribution in [0.2, 0.25) is 0 Å². The standard InChI is InChI=1S/C7H11O.Y/c1-2-6-4-5-8-7(6)3-1;/h7H,1-5H2;/q-1;. The molecule has 1 saturated heterocycles. The molecule has 1 atom stereocenters. The Bertz CT molecular complexity index is 74.9. The van der Waals surface area contributed by atoms with Crippen molar-refractivity contribution >= 4 is 0 Å². The molecule has 49 valence electrons. The Morgan fingerprint density at radius 1 is 1.33 bits per heavy atom. The first-order chi connectivity index (χ1) is 3.97. The smallest absolute Gasteiger partial charge is 0.0167 e. The van der Waals surface area contributed by atoms with Crippen LogP contribution >= 0.6 is 0 Å². The van der Waals surface area contributed by atoms with Gasteiger partial charge >= 0.3 is 0 Å². The molecule has 1 nitrogen and oxygen atoms in total. The molecule has 2 fully saturated rings. The van der Waals surface area contributed by atoms with Crippen LogP contribution in [0.1, 0.15) is 25.7 Å². The summed E-state index contributed by atoms with van der Waals surface area (Å²) in [6.07, 6.45) is 5.88. The van der Waals surface area contributed by atoms with Gasteiger partial charge in [-0.25, -0.2) is 0 Å². The van der Waals surface area contributed by atoms with Gasteiger partial charge < -0.3 is 4.74 Å². The van der Waals surface area contributed by atoms with Gasteiger partial charge in [0.25, 0.3) is 0 Å². The molecule has 2 heteroatoms. The van der Waals surface area contributed by atoms with Crippen molar-refractivity contribution in [2.75, 3.05) is 6.61 Å². The molecule has 2 rings (SSSR count). The third kappa shape index (κ3) is 1.55. The molecule has 0 amide bonds. The van der Waals surface area contributed by atoms with E-state index in [1.54, 1.807) is 5.92 Å². The Kier molecular flexibility index (Phi) is 3.13. The zero-order valence-corrected chi connectivity index (χ0v) is 8.44. The molecule has 0 aromatic carbocycles. The van der Waals surface area contributed by atoms with Gasteiger partial charge in [0.05, 0.1) is 0 Å². The molecule has 0 bridgehead atoms. The second kappa shape index (κ2) is 3.45. The summed E-state index contributed by atoms with van der Waals surface area (Å²) in [5, 5.41) is 0. The topological polar surface area (TPSA) is 9.23 Å². The van der Waals surface area contributed by atoms with E-state index in [0.717, 1.165) is 6.61 Å². The van der Waals surface area contributed by atoms with E-state index in [4.69, 9.17) is 4.74 Å². The van der Waals surface area contributed by atoms with Crippen LogP contribution in [-0.2, 0) is 37.4 Å². The van der Waals surface area contributed by atoms with Gasteiger partial charge in [-0.1, -0.05) is 18.9 Å². The van der Waals surface area contributed by atoms with Gasteiger partial charge in [0.2, 0.25) is 0 Å². The molecular weight excluding hydrogens is 189 g/mol. The number of fused-ring (bicyclic) bond motifs is 1. The van der Waals surface area contributed by atoms with E-state index in [1.807, 2.05) is 0 Å². The van der Waals surface area contributed by atoms with Crippen molar-refractivity contribution in [2.45, 2.75) is 31.8 Å². The quantitative estimate of drug-likeness (QED) is 0.539. The predicted molar refractivity (Wildman–Crippen MR) is 31.5 cm³/mol. The van der Waals surface area contributed by atoms with Gasteiger partial charge in [-0.2, -0.15) is 12.8 Å². The summed E-state index contributed by atoms with van der Waals surface area (Å²) in [6.45, 7) is 1.00. The number of hydrogen-bond donors (Lipinski definition) is 0. The molecule has 2 aliphatic rings. The Labute approximate surface area is 81.4 Å². The maximum atomic E-state index is 5.44. The molecule has 0 aromatic heterocycles. The minimum absolute atomic E-state index is 0. The van der Waals surface area contributed by atoms with Crippen LogP contribution in [0.4, 0.5) is 0 Å². The minimum Gasteiger partial charge on any atom is -0.412 e. The SMILES string of the molecule is C1C[C-]2CCOC2C1.[Y]. The van der Waals surface area contributed by atoms with Crippen molar-refractivity contribution in [3.05, 3.63) is 5.92 Å². The van der Waals surface area contributed by atoms with Gasteiger partial charge in [-0.15, -0.1) is 0 Å². The second-order valence-electron chi connectivity index (χ2n) is 2.66. The fraction of sp³-hybridized carbons (Fsp3) is 0.857.